The first-order valence-electron chi connectivity index (χ1n) is 7.66. The average Bonchev–Trinajstić information content (AvgIpc) is 2.46. The summed E-state index contributed by atoms with van der Waals surface area (Å²) in [5.41, 5.74) is -0.559. The van der Waals surface area contributed by atoms with E-state index in [2.05, 4.69) is 0 Å². The highest BCUT2D eigenvalue weighted by Gasteiger charge is 2.31. The number of sulfone groups is 1. The van der Waals surface area contributed by atoms with Gasteiger partial charge in [0.2, 0.25) is 5.91 Å². The van der Waals surface area contributed by atoms with Crippen molar-refractivity contribution in [2.75, 3.05) is 18.1 Å². The highest BCUT2D eigenvalue weighted by atomic mass is 32.2. The Bertz CT molecular complexity index is 671. The molecule has 1 aromatic carbocycles. The first kappa shape index (κ1) is 20.5. The third-order valence-corrected chi connectivity index (χ3v) is 5.61. The number of carbonyl (C=O) groups is 1. The van der Waals surface area contributed by atoms with Crippen molar-refractivity contribution in [2.45, 2.75) is 39.4 Å². The lowest BCUT2D eigenvalue weighted by atomic mass is 10.1. The zero-order valence-electron chi connectivity index (χ0n) is 13.9. The smallest absolute Gasteiger partial charge is 0.339 e. The molecule has 4 nitrogen and oxygen atoms in total. The van der Waals surface area contributed by atoms with Gasteiger partial charge in [0.1, 0.15) is 0 Å². The van der Waals surface area contributed by atoms with Gasteiger partial charge in [-0.1, -0.05) is 25.1 Å². The number of hydrogen-bond donors (Lipinski definition) is 0. The molecule has 1 amide bonds. The SMILES string of the molecule is CCN(C(=O)Cc1cccc(C(F)(F)F)c1)C(C)CS(=O)(=O)CC. The van der Waals surface area contributed by atoms with Crippen LogP contribution in [0.2, 0.25) is 0 Å². The predicted octanol–water partition coefficient (Wildman–Crippen LogP) is 2.92. The Balaban J connectivity index is 2.88. The van der Waals surface area contributed by atoms with Crippen LogP contribution >= 0.6 is 0 Å². The summed E-state index contributed by atoms with van der Waals surface area (Å²) in [4.78, 5) is 13.8. The number of alkyl halides is 3. The van der Waals surface area contributed by atoms with Gasteiger partial charge in [-0.3, -0.25) is 4.79 Å². The molecule has 1 rings (SSSR count). The van der Waals surface area contributed by atoms with E-state index in [0.29, 0.717) is 0 Å². The van der Waals surface area contributed by atoms with Crippen LogP contribution in [0.25, 0.3) is 0 Å². The number of likely N-dealkylation sites (N-methyl/N-ethyl adjacent to an activating group) is 1. The zero-order valence-corrected chi connectivity index (χ0v) is 14.7. The van der Waals surface area contributed by atoms with Gasteiger partial charge in [0.05, 0.1) is 17.7 Å². The molecule has 1 unspecified atom stereocenters. The van der Waals surface area contributed by atoms with Gasteiger partial charge in [-0.05, 0) is 25.5 Å². The van der Waals surface area contributed by atoms with E-state index in [1.165, 1.54) is 24.0 Å². The van der Waals surface area contributed by atoms with Crippen LogP contribution < -0.4 is 0 Å². The van der Waals surface area contributed by atoms with Crippen molar-refractivity contribution >= 4 is 15.7 Å². The van der Waals surface area contributed by atoms with Crippen molar-refractivity contribution in [3.63, 3.8) is 0 Å². The molecule has 0 spiro atoms. The van der Waals surface area contributed by atoms with E-state index in [0.717, 1.165) is 12.1 Å². The molecule has 0 N–H and O–H groups in total. The maximum absolute atomic E-state index is 12.7. The van der Waals surface area contributed by atoms with Gasteiger partial charge in [-0.15, -0.1) is 0 Å². The Morgan fingerprint density at radius 3 is 2.38 bits per heavy atom. The Morgan fingerprint density at radius 2 is 1.88 bits per heavy atom. The lowest BCUT2D eigenvalue weighted by Gasteiger charge is -2.28. The molecular formula is C16H22F3NO3S. The summed E-state index contributed by atoms with van der Waals surface area (Å²) in [6.07, 6.45) is -4.67. The minimum atomic E-state index is -4.47. The van der Waals surface area contributed by atoms with Crippen molar-refractivity contribution in [3.8, 4) is 0 Å². The number of rotatable bonds is 7. The van der Waals surface area contributed by atoms with Crippen molar-refractivity contribution in [3.05, 3.63) is 35.4 Å². The standard InChI is InChI=1S/C16H22F3NO3S/c1-4-20(12(3)11-24(22,23)5-2)15(21)10-13-7-6-8-14(9-13)16(17,18)19/h6-9,12H,4-5,10-11H2,1-3H3. The molecule has 0 aromatic heterocycles. The van der Waals surface area contributed by atoms with E-state index in [4.69, 9.17) is 0 Å². The van der Waals surface area contributed by atoms with E-state index >= 15 is 0 Å². The minimum absolute atomic E-state index is 0.0172. The third-order valence-electron chi connectivity index (χ3n) is 3.74. The van der Waals surface area contributed by atoms with E-state index < -0.39 is 33.5 Å². The Kier molecular flexibility index (Phi) is 6.83. The fourth-order valence-corrected chi connectivity index (χ4v) is 3.59. The predicted molar refractivity (Wildman–Crippen MR) is 86.3 cm³/mol. The molecule has 0 aliphatic carbocycles. The number of halogens is 3. The van der Waals surface area contributed by atoms with E-state index in [1.54, 1.807) is 13.8 Å². The second-order valence-corrected chi connectivity index (χ2v) is 8.00. The molecule has 0 fully saturated rings. The van der Waals surface area contributed by atoms with Crippen LogP contribution in [0.4, 0.5) is 13.2 Å². The summed E-state index contributed by atoms with van der Waals surface area (Å²) < 4.78 is 61.6. The van der Waals surface area contributed by atoms with E-state index in [1.807, 2.05) is 0 Å². The van der Waals surface area contributed by atoms with Crippen LogP contribution in [0.15, 0.2) is 24.3 Å². The van der Waals surface area contributed by atoms with Crippen molar-refractivity contribution in [1.29, 1.82) is 0 Å². The molecule has 24 heavy (non-hydrogen) atoms. The maximum Gasteiger partial charge on any atom is 0.416 e. The quantitative estimate of drug-likeness (QED) is 0.747. The van der Waals surface area contributed by atoms with Crippen LogP contribution in [0, 0.1) is 0 Å². The van der Waals surface area contributed by atoms with E-state index in [9.17, 15) is 26.4 Å². The molecule has 0 aliphatic rings. The molecule has 0 radical (unpaired) electrons. The topological polar surface area (TPSA) is 54.5 Å². The van der Waals surface area contributed by atoms with Crippen LogP contribution in [0.5, 0.6) is 0 Å². The fraction of sp³-hybridized carbons (Fsp3) is 0.562. The number of carbonyl (C=O) groups excluding carboxylic acids is 1. The second-order valence-electron chi connectivity index (χ2n) is 5.60. The molecule has 0 saturated heterocycles. The lowest BCUT2D eigenvalue weighted by molar-refractivity contribution is -0.138. The lowest BCUT2D eigenvalue weighted by Crippen LogP contribution is -2.43. The summed E-state index contributed by atoms with van der Waals surface area (Å²) in [5.74, 6) is -0.571. The zero-order chi connectivity index (χ0) is 18.5. The minimum Gasteiger partial charge on any atom is -0.339 e. The summed E-state index contributed by atoms with van der Waals surface area (Å²) in [5, 5.41) is 0. The van der Waals surface area contributed by atoms with Crippen molar-refractivity contribution in [2.24, 2.45) is 0 Å². The van der Waals surface area contributed by atoms with Crippen molar-refractivity contribution < 1.29 is 26.4 Å². The number of benzene rings is 1. The molecule has 1 aromatic rings. The number of hydrogen-bond acceptors (Lipinski definition) is 3. The first-order valence-corrected chi connectivity index (χ1v) is 9.48. The van der Waals surface area contributed by atoms with Gasteiger partial charge in [-0.25, -0.2) is 8.42 Å². The number of nitrogens with zero attached hydrogens (tertiary/aromatic N) is 1. The molecular weight excluding hydrogens is 343 g/mol. The molecule has 0 bridgehead atoms. The van der Waals surface area contributed by atoms with Gasteiger partial charge in [0.25, 0.3) is 0 Å². The normalized spacial score (nSPS) is 13.6. The Labute approximate surface area is 140 Å². The molecule has 136 valence electrons. The average molecular weight is 365 g/mol. The maximum atomic E-state index is 12.7. The van der Waals surface area contributed by atoms with Crippen LogP contribution in [-0.2, 0) is 27.2 Å². The largest absolute Gasteiger partial charge is 0.416 e. The Morgan fingerprint density at radius 1 is 1.25 bits per heavy atom. The summed E-state index contributed by atoms with van der Waals surface area (Å²) in [7, 11) is -3.25. The molecule has 0 aliphatic heterocycles. The summed E-state index contributed by atoms with van der Waals surface area (Å²) in [6.45, 7) is 5.15. The monoisotopic (exact) mass is 365 g/mol. The van der Waals surface area contributed by atoms with Gasteiger partial charge in [0, 0.05) is 18.3 Å². The van der Waals surface area contributed by atoms with Crippen LogP contribution in [-0.4, -0.2) is 43.3 Å². The molecule has 1 atom stereocenters. The van der Waals surface area contributed by atoms with Gasteiger partial charge >= 0.3 is 6.18 Å². The van der Waals surface area contributed by atoms with Gasteiger partial charge in [-0.2, -0.15) is 13.2 Å². The highest BCUT2D eigenvalue weighted by molar-refractivity contribution is 7.91. The first-order chi connectivity index (χ1) is 11.0. The van der Waals surface area contributed by atoms with Crippen LogP contribution in [0.1, 0.15) is 31.9 Å². The number of amides is 1. The fourth-order valence-electron chi connectivity index (χ4n) is 2.44. The third kappa shape index (κ3) is 5.81. The van der Waals surface area contributed by atoms with E-state index in [-0.39, 0.29) is 30.0 Å². The van der Waals surface area contributed by atoms with Crippen LogP contribution in [0.3, 0.4) is 0 Å². The Hall–Kier alpha value is -1.57. The molecule has 8 heteroatoms. The van der Waals surface area contributed by atoms with Gasteiger partial charge in [0.15, 0.2) is 9.84 Å². The summed E-state index contributed by atoms with van der Waals surface area (Å²) in [6, 6.07) is 4.07. The molecule has 0 heterocycles. The summed E-state index contributed by atoms with van der Waals surface area (Å²) >= 11 is 0. The highest BCUT2D eigenvalue weighted by Crippen LogP contribution is 2.29. The van der Waals surface area contributed by atoms with Gasteiger partial charge < -0.3 is 4.90 Å². The van der Waals surface area contributed by atoms with Crippen molar-refractivity contribution in [1.82, 2.24) is 4.90 Å². The second kappa shape index (κ2) is 8.00. The molecule has 0 saturated carbocycles.